The molecule has 1 N–H and O–H groups in total. The Morgan fingerprint density at radius 3 is 2.86 bits per heavy atom. The quantitative estimate of drug-likeness (QED) is 0.843. The van der Waals surface area contributed by atoms with E-state index in [1.807, 2.05) is 6.07 Å². The van der Waals surface area contributed by atoms with Crippen LogP contribution in [0.5, 0.6) is 0 Å². The van der Waals surface area contributed by atoms with Gasteiger partial charge in [0.2, 0.25) is 0 Å². The third kappa shape index (κ3) is 4.41. The molecule has 0 bridgehead atoms. The number of rotatable bonds is 6. The Hall–Kier alpha value is -0.640. The highest BCUT2D eigenvalue weighted by atomic mass is 35.5. The molecular weight excluding hydrogens is 289 g/mol. The molecule has 0 saturated carbocycles. The van der Waals surface area contributed by atoms with Crippen molar-refractivity contribution in [3.05, 3.63) is 34.6 Å². The summed E-state index contributed by atoms with van der Waals surface area (Å²) in [5.41, 5.74) is 0.782. The fraction of sp³-hybridized carbons (Fsp3) is 0.647. The second-order valence-corrected chi connectivity index (χ2v) is 6.48. The first-order valence-electron chi connectivity index (χ1n) is 7.86. The van der Waals surface area contributed by atoms with Crippen LogP contribution in [0.15, 0.2) is 18.2 Å². The molecule has 1 aromatic carbocycles. The van der Waals surface area contributed by atoms with E-state index in [4.69, 9.17) is 16.3 Å². The van der Waals surface area contributed by atoms with Gasteiger partial charge in [0.1, 0.15) is 5.82 Å². The van der Waals surface area contributed by atoms with E-state index in [0.717, 1.165) is 44.4 Å². The van der Waals surface area contributed by atoms with Crippen molar-refractivity contribution < 1.29 is 9.13 Å². The Bertz CT molecular complexity index is 460. The van der Waals surface area contributed by atoms with E-state index in [2.05, 4.69) is 19.2 Å². The lowest BCUT2D eigenvalue weighted by atomic mass is 9.84. The first kappa shape index (κ1) is 16.7. The van der Waals surface area contributed by atoms with Crippen molar-refractivity contribution in [3.63, 3.8) is 0 Å². The van der Waals surface area contributed by atoms with Gasteiger partial charge < -0.3 is 10.1 Å². The monoisotopic (exact) mass is 313 g/mol. The number of hydrogen-bond acceptors (Lipinski definition) is 2. The number of nitrogens with one attached hydrogen (secondary N) is 1. The minimum atomic E-state index is -0.349. The van der Waals surface area contributed by atoms with Crippen LogP contribution in [0.3, 0.4) is 0 Å². The maximum Gasteiger partial charge on any atom is 0.142 e. The van der Waals surface area contributed by atoms with Crippen molar-refractivity contribution in [2.45, 2.75) is 57.6 Å². The van der Waals surface area contributed by atoms with E-state index < -0.39 is 0 Å². The minimum absolute atomic E-state index is 0.177. The van der Waals surface area contributed by atoms with Gasteiger partial charge in [-0.1, -0.05) is 24.6 Å². The molecule has 2 nitrogen and oxygen atoms in total. The molecule has 1 aliphatic rings. The van der Waals surface area contributed by atoms with Gasteiger partial charge >= 0.3 is 0 Å². The second kappa shape index (κ2) is 7.57. The summed E-state index contributed by atoms with van der Waals surface area (Å²) in [6, 6.07) is 5.26. The third-order valence-electron chi connectivity index (χ3n) is 4.30. The normalized spacial score (nSPS) is 24.0. The van der Waals surface area contributed by atoms with E-state index >= 15 is 0 Å². The van der Waals surface area contributed by atoms with E-state index in [1.54, 1.807) is 6.07 Å². The molecule has 0 aliphatic carbocycles. The van der Waals surface area contributed by atoms with Crippen molar-refractivity contribution in [1.82, 2.24) is 5.32 Å². The molecule has 2 unspecified atom stereocenters. The smallest absolute Gasteiger partial charge is 0.142 e. The highest BCUT2D eigenvalue weighted by molar-refractivity contribution is 6.30. The molecule has 4 heteroatoms. The van der Waals surface area contributed by atoms with Crippen molar-refractivity contribution in [1.29, 1.82) is 0 Å². The molecule has 1 aromatic rings. The third-order valence-corrected chi connectivity index (χ3v) is 4.61. The molecule has 1 fully saturated rings. The summed E-state index contributed by atoms with van der Waals surface area (Å²) in [4.78, 5) is 0. The van der Waals surface area contributed by atoms with Crippen molar-refractivity contribution in [3.8, 4) is 0 Å². The molecular formula is C17H25ClFNO. The van der Waals surface area contributed by atoms with Gasteiger partial charge in [-0.15, -0.1) is 0 Å². The zero-order valence-corrected chi connectivity index (χ0v) is 13.7. The lowest BCUT2D eigenvalue weighted by molar-refractivity contribution is -0.0883. The number of halogens is 2. The van der Waals surface area contributed by atoms with Crippen LogP contribution in [0.1, 0.15) is 45.1 Å². The topological polar surface area (TPSA) is 21.3 Å². The highest BCUT2D eigenvalue weighted by Crippen LogP contribution is 2.30. The molecule has 1 heterocycles. The molecule has 0 spiro atoms. The standard InChI is InChI=1S/C17H25ClFNO/c1-3-9-20-16(17(2)8-4-5-10-21-17)12-13-6-7-14(18)15(19)11-13/h6-7,11,16,20H,3-5,8-10,12H2,1-2H3. The summed E-state index contributed by atoms with van der Waals surface area (Å²) in [7, 11) is 0. The van der Waals surface area contributed by atoms with Crippen LogP contribution >= 0.6 is 11.6 Å². The Morgan fingerprint density at radius 2 is 2.24 bits per heavy atom. The van der Waals surface area contributed by atoms with Crippen LogP contribution in [0.2, 0.25) is 5.02 Å². The predicted octanol–water partition coefficient (Wildman–Crippen LogP) is 4.35. The maximum atomic E-state index is 13.6. The SMILES string of the molecule is CCCNC(Cc1ccc(Cl)c(F)c1)C1(C)CCCCO1. The zero-order chi connectivity index (χ0) is 15.3. The van der Waals surface area contributed by atoms with Crippen LogP contribution in [0.25, 0.3) is 0 Å². The summed E-state index contributed by atoms with van der Waals surface area (Å²) in [5, 5.41) is 3.76. The Labute approximate surface area is 132 Å². The second-order valence-electron chi connectivity index (χ2n) is 6.08. The lowest BCUT2D eigenvalue weighted by Crippen LogP contribution is -2.53. The molecule has 2 atom stereocenters. The first-order chi connectivity index (χ1) is 10.0. The lowest BCUT2D eigenvalue weighted by Gasteiger charge is -2.41. The van der Waals surface area contributed by atoms with Crippen molar-refractivity contribution in [2.75, 3.05) is 13.2 Å². The van der Waals surface area contributed by atoms with E-state index in [9.17, 15) is 4.39 Å². The molecule has 0 radical (unpaired) electrons. The van der Waals surface area contributed by atoms with Gasteiger partial charge in [-0.3, -0.25) is 0 Å². The summed E-state index contributed by atoms with van der Waals surface area (Å²) in [5.74, 6) is -0.349. The molecule has 0 amide bonds. The summed E-state index contributed by atoms with van der Waals surface area (Å²) in [6.45, 7) is 6.08. The number of ether oxygens (including phenoxy) is 1. The zero-order valence-electron chi connectivity index (χ0n) is 12.9. The van der Waals surface area contributed by atoms with Crippen LogP contribution in [0, 0.1) is 5.82 Å². The number of hydrogen-bond donors (Lipinski definition) is 1. The van der Waals surface area contributed by atoms with Gasteiger partial charge in [-0.2, -0.15) is 0 Å². The molecule has 0 aromatic heterocycles. The Morgan fingerprint density at radius 1 is 1.43 bits per heavy atom. The molecule has 21 heavy (non-hydrogen) atoms. The van der Waals surface area contributed by atoms with Crippen LogP contribution in [-0.2, 0) is 11.2 Å². The van der Waals surface area contributed by atoms with Gasteiger partial charge in [0.25, 0.3) is 0 Å². The highest BCUT2D eigenvalue weighted by Gasteiger charge is 2.36. The fourth-order valence-electron chi connectivity index (χ4n) is 2.96. The van der Waals surface area contributed by atoms with Crippen LogP contribution < -0.4 is 5.32 Å². The molecule has 2 rings (SSSR count). The molecule has 1 aliphatic heterocycles. The summed E-state index contributed by atoms with van der Waals surface area (Å²) in [6.07, 6.45) is 5.19. The van der Waals surface area contributed by atoms with E-state index in [0.29, 0.717) is 0 Å². The summed E-state index contributed by atoms with van der Waals surface area (Å²) < 4.78 is 19.7. The Balaban J connectivity index is 2.13. The minimum Gasteiger partial charge on any atom is -0.374 e. The Kier molecular flexibility index (Phi) is 6.03. The first-order valence-corrected chi connectivity index (χ1v) is 8.24. The van der Waals surface area contributed by atoms with Gasteiger partial charge in [-0.05, 0) is 63.3 Å². The maximum absolute atomic E-state index is 13.6. The number of benzene rings is 1. The van der Waals surface area contributed by atoms with Gasteiger partial charge in [0.05, 0.1) is 10.6 Å². The fourth-order valence-corrected chi connectivity index (χ4v) is 3.07. The average Bonchev–Trinajstić information content (AvgIpc) is 2.47. The predicted molar refractivity (Wildman–Crippen MR) is 85.4 cm³/mol. The molecule has 118 valence electrons. The molecule has 1 saturated heterocycles. The van der Waals surface area contributed by atoms with E-state index in [1.165, 1.54) is 12.5 Å². The average molecular weight is 314 g/mol. The van der Waals surface area contributed by atoms with E-state index in [-0.39, 0.29) is 22.5 Å². The van der Waals surface area contributed by atoms with Gasteiger partial charge in [-0.25, -0.2) is 4.39 Å². The van der Waals surface area contributed by atoms with Crippen molar-refractivity contribution >= 4 is 11.6 Å². The largest absolute Gasteiger partial charge is 0.374 e. The summed E-state index contributed by atoms with van der Waals surface area (Å²) >= 11 is 5.76. The van der Waals surface area contributed by atoms with Crippen LogP contribution in [-0.4, -0.2) is 24.8 Å². The van der Waals surface area contributed by atoms with Gasteiger partial charge in [0, 0.05) is 12.6 Å². The van der Waals surface area contributed by atoms with Crippen molar-refractivity contribution in [2.24, 2.45) is 0 Å². The van der Waals surface area contributed by atoms with Gasteiger partial charge in [0.15, 0.2) is 0 Å². The van der Waals surface area contributed by atoms with Crippen LogP contribution in [0.4, 0.5) is 4.39 Å².